The molecule has 3 nitrogen and oxygen atoms in total. The van der Waals surface area contributed by atoms with E-state index in [-0.39, 0.29) is 35.7 Å². The van der Waals surface area contributed by atoms with Crippen LogP contribution in [0.1, 0.15) is 113 Å². The summed E-state index contributed by atoms with van der Waals surface area (Å²) in [6, 6.07) is 17.1. The normalized spacial score (nSPS) is 11.0. The Morgan fingerprint density at radius 2 is 0.939 bits per heavy atom. The summed E-state index contributed by atoms with van der Waals surface area (Å²) in [7, 11) is 0. The smallest absolute Gasteiger partial charge is 0.261 e. The minimum Gasteiger partial charge on any atom is -0.274 e. The molecule has 0 unspecified atom stereocenters. The molecule has 4 radical (unpaired) electrons. The second kappa shape index (κ2) is 22.2. The van der Waals surface area contributed by atoms with Crippen molar-refractivity contribution in [3.8, 4) is 0 Å². The first-order valence-corrected chi connectivity index (χ1v) is 12.5. The predicted molar refractivity (Wildman–Crippen MR) is 144 cm³/mol. The fraction of sp³-hybridized carbons (Fsp3) is 0.517. The number of carbonyl (C=O) groups excluding carboxylic acids is 2. The van der Waals surface area contributed by atoms with E-state index in [4.69, 9.17) is 0 Å². The van der Waals surface area contributed by atoms with Gasteiger partial charge in [0.25, 0.3) is 11.8 Å². The third-order valence-corrected chi connectivity index (χ3v) is 5.07. The Kier molecular flexibility index (Phi) is 22.6. The molecule has 0 atom stereocenters. The minimum absolute atomic E-state index is 0. The summed E-state index contributed by atoms with van der Waals surface area (Å²) in [6.45, 7) is 13.6. The summed E-state index contributed by atoms with van der Waals surface area (Å²) in [5.74, 6) is -0.336. The van der Waals surface area contributed by atoms with Gasteiger partial charge in [0.2, 0.25) is 0 Å². The second-order valence-electron chi connectivity index (χ2n) is 7.90. The maximum Gasteiger partial charge on any atom is 0.261 e. The van der Waals surface area contributed by atoms with Crippen molar-refractivity contribution in [3.63, 3.8) is 0 Å². The number of aryl methyl sites for hydroxylation is 1. The summed E-state index contributed by atoms with van der Waals surface area (Å²) >= 11 is 0. The van der Waals surface area contributed by atoms with Crippen molar-refractivity contribution >= 4 is 35.7 Å². The van der Waals surface area contributed by atoms with Crippen molar-refractivity contribution in [3.05, 3.63) is 71.3 Å². The molecular formula is C29H45NO2Sn. The molecule has 3 rings (SSSR count). The molecular weight excluding hydrogens is 513 g/mol. The van der Waals surface area contributed by atoms with Crippen molar-refractivity contribution in [2.24, 2.45) is 0 Å². The molecule has 2 aromatic carbocycles. The summed E-state index contributed by atoms with van der Waals surface area (Å²) in [5.41, 5.74) is 2.28. The molecule has 2 amide bonds. The molecule has 1 heterocycles. The molecule has 0 N–H and O–H groups in total. The van der Waals surface area contributed by atoms with Crippen LogP contribution < -0.4 is 0 Å². The molecule has 4 heteroatoms. The largest absolute Gasteiger partial charge is 0.274 e. The quantitative estimate of drug-likeness (QED) is 0.256. The van der Waals surface area contributed by atoms with Crippen LogP contribution in [0, 0.1) is 0 Å². The zero-order chi connectivity index (χ0) is 24.2. The Morgan fingerprint density at radius 1 is 0.576 bits per heavy atom. The number of unbranched alkanes of at least 4 members (excludes halogenated alkanes) is 3. The van der Waals surface area contributed by atoms with Crippen molar-refractivity contribution in [1.29, 1.82) is 0 Å². The van der Waals surface area contributed by atoms with Crippen LogP contribution >= 0.6 is 0 Å². The Bertz CT molecular complexity index is 696. The fourth-order valence-corrected chi connectivity index (χ4v) is 2.53. The zero-order valence-corrected chi connectivity index (χ0v) is 24.7. The van der Waals surface area contributed by atoms with E-state index >= 15 is 0 Å². The average molecular weight is 558 g/mol. The van der Waals surface area contributed by atoms with Crippen LogP contribution in [0.15, 0.2) is 54.6 Å². The van der Waals surface area contributed by atoms with E-state index in [0.29, 0.717) is 17.7 Å². The van der Waals surface area contributed by atoms with E-state index in [1.807, 2.05) is 18.2 Å². The molecule has 33 heavy (non-hydrogen) atoms. The van der Waals surface area contributed by atoms with E-state index in [1.54, 1.807) is 24.3 Å². The number of carbonyl (C=O) groups is 2. The maximum absolute atomic E-state index is 12.2. The zero-order valence-electron chi connectivity index (χ0n) is 21.8. The van der Waals surface area contributed by atoms with Crippen LogP contribution in [0.3, 0.4) is 0 Å². The van der Waals surface area contributed by atoms with Gasteiger partial charge in [0.05, 0.1) is 11.1 Å². The van der Waals surface area contributed by atoms with E-state index in [1.165, 1.54) is 49.0 Å². The number of benzene rings is 2. The van der Waals surface area contributed by atoms with Gasteiger partial charge in [-0.1, -0.05) is 123 Å². The SMILES string of the molecule is CCCC.CCCC.CCCC.O=C1c2ccccc2C(=O)N1CCCc1ccccc1.[Sn]. The molecule has 0 aliphatic carbocycles. The van der Waals surface area contributed by atoms with Gasteiger partial charge in [0.15, 0.2) is 0 Å². The standard InChI is InChI=1S/C17H15NO2.3C4H10.Sn/c19-16-14-10-4-5-11-15(14)17(20)18(16)12-6-9-13-7-2-1-3-8-13;3*1-3-4-2;/h1-5,7-8,10-11H,6,9,12H2;3*3-4H2,1-2H3;. The molecule has 0 fully saturated rings. The Labute approximate surface area is 220 Å². The van der Waals surface area contributed by atoms with Crippen molar-refractivity contribution in [2.45, 2.75) is 92.9 Å². The molecule has 2 aromatic rings. The molecule has 1 aliphatic rings. The van der Waals surface area contributed by atoms with E-state index in [2.05, 4.69) is 53.7 Å². The van der Waals surface area contributed by atoms with Gasteiger partial charge in [0.1, 0.15) is 0 Å². The summed E-state index contributed by atoms with van der Waals surface area (Å²) in [6.07, 6.45) is 9.57. The Morgan fingerprint density at radius 3 is 1.30 bits per heavy atom. The van der Waals surface area contributed by atoms with E-state index < -0.39 is 0 Å². The minimum atomic E-state index is -0.168. The number of amides is 2. The molecule has 182 valence electrons. The summed E-state index contributed by atoms with van der Waals surface area (Å²) in [5, 5.41) is 0. The van der Waals surface area contributed by atoms with Crippen LogP contribution in [0.25, 0.3) is 0 Å². The van der Waals surface area contributed by atoms with Crippen molar-refractivity contribution in [2.75, 3.05) is 6.54 Å². The van der Waals surface area contributed by atoms with Crippen LogP contribution in [0.5, 0.6) is 0 Å². The van der Waals surface area contributed by atoms with Gasteiger partial charge in [-0.25, -0.2) is 0 Å². The van der Waals surface area contributed by atoms with Gasteiger partial charge < -0.3 is 0 Å². The van der Waals surface area contributed by atoms with Crippen molar-refractivity contribution < 1.29 is 9.59 Å². The number of nitrogens with zero attached hydrogens (tertiary/aromatic N) is 1. The summed E-state index contributed by atoms with van der Waals surface area (Å²) < 4.78 is 0. The predicted octanol–water partition coefficient (Wildman–Crippen LogP) is 7.95. The third kappa shape index (κ3) is 13.6. The number of hydrogen-bond acceptors (Lipinski definition) is 2. The molecule has 1 aliphatic heterocycles. The topological polar surface area (TPSA) is 37.4 Å². The number of imide groups is 1. The maximum atomic E-state index is 12.2. The van der Waals surface area contributed by atoms with Gasteiger partial charge in [-0.2, -0.15) is 0 Å². The first-order chi connectivity index (χ1) is 15.5. The number of hydrogen-bond donors (Lipinski definition) is 0. The molecule has 0 aromatic heterocycles. The van der Waals surface area contributed by atoms with Gasteiger partial charge in [-0.05, 0) is 30.5 Å². The monoisotopic (exact) mass is 559 g/mol. The van der Waals surface area contributed by atoms with Gasteiger partial charge in [-0.15, -0.1) is 0 Å². The average Bonchev–Trinajstić information content (AvgIpc) is 3.10. The number of fused-ring (bicyclic) bond motifs is 1. The molecule has 0 saturated carbocycles. The molecule has 0 spiro atoms. The molecule has 0 saturated heterocycles. The van der Waals surface area contributed by atoms with Crippen LogP contribution in [0.2, 0.25) is 0 Å². The van der Waals surface area contributed by atoms with Crippen LogP contribution in [0.4, 0.5) is 0 Å². The van der Waals surface area contributed by atoms with E-state index in [9.17, 15) is 9.59 Å². The summed E-state index contributed by atoms with van der Waals surface area (Å²) in [4.78, 5) is 25.7. The second-order valence-corrected chi connectivity index (χ2v) is 7.90. The molecule has 0 bridgehead atoms. The van der Waals surface area contributed by atoms with Crippen molar-refractivity contribution in [1.82, 2.24) is 4.90 Å². The van der Waals surface area contributed by atoms with Gasteiger partial charge >= 0.3 is 0 Å². The van der Waals surface area contributed by atoms with Crippen LogP contribution in [-0.2, 0) is 6.42 Å². The Balaban J connectivity index is 0. The first kappa shape index (κ1) is 33.6. The van der Waals surface area contributed by atoms with Crippen LogP contribution in [-0.4, -0.2) is 47.2 Å². The number of rotatable bonds is 7. The fourth-order valence-electron chi connectivity index (χ4n) is 2.53. The Hall–Kier alpha value is -1.62. The van der Waals surface area contributed by atoms with Gasteiger partial charge in [0, 0.05) is 30.5 Å². The van der Waals surface area contributed by atoms with E-state index in [0.717, 1.165) is 12.8 Å². The first-order valence-electron chi connectivity index (χ1n) is 12.5. The third-order valence-electron chi connectivity index (χ3n) is 5.07. The van der Waals surface area contributed by atoms with Gasteiger partial charge in [-0.3, -0.25) is 14.5 Å².